The van der Waals surface area contributed by atoms with Gasteiger partial charge < -0.3 is 9.32 Å². The highest BCUT2D eigenvalue weighted by atomic mass is 35.5. The Morgan fingerprint density at radius 2 is 2.15 bits per heavy atom. The standard InChI is InChI=1S/C18H14ClN3O3S/c19-12-4-1-3-11(9-12)17(24)22-7-6-13-15(10-22)26-18(20-13)21-16(23)14-5-2-8-25-14/h1-5,8-9H,6-7,10H2,(H,20,21,23). The topological polar surface area (TPSA) is 75.4 Å². The lowest BCUT2D eigenvalue weighted by Gasteiger charge is -2.26. The van der Waals surface area contributed by atoms with Gasteiger partial charge in [0.1, 0.15) is 0 Å². The molecule has 4 rings (SSSR count). The number of amides is 2. The van der Waals surface area contributed by atoms with Gasteiger partial charge in [-0.15, -0.1) is 0 Å². The van der Waals surface area contributed by atoms with Crippen LogP contribution >= 0.6 is 22.9 Å². The van der Waals surface area contributed by atoms with Crippen molar-refractivity contribution in [1.82, 2.24) is 9.88 Å². The number of carbonyl (C=O) groups is 2. The minimum absolute atomic E-state index is 0.0623. The summed E-state index contributed by atoms with van der Waals surface area (Å²) in [7, 11) is 0. The van der Waals surface area contributed by atoms with Crippen molar-refractivity contribution in [2.24, 2.45) is 0 Å². The quantitative estimate of drug-likeness (QED) is 0.740. The van der Waals surface area contributed by atoms with Crippen LogP contribution in [0, 0.1) is 0 Å². The van der Waals surface area contributed by atoms with Crippen molar-refractivity contribution in [3.63, 3.8) is 0 Å². The number of fused-ring (bicyclic) bond motifs is 1. The largest absolute Gasteiger partial charge is 0.459 e. The first-order valence-corrected chi connectivity index (χ1v) is 9.18. The smallest absolute Gasteiger partial charge is 0.293 e. The zero-order chi connectivity index (χ0) is 18.1. The Morgan fingerprint density at radius 3 is 2.92 bits per heavy atom. The van der Waals surface area contributed by atoms with Gasteiger partial charge in [-0.1, -0.05) is 29.0 Å². The molecule has 26 heavy (non-hydrogen) atoms. The van der Waals surface area contributed by atoms with Crippen molar-refractivity contribution in [1.29, 1.82) is 0 Å². The molecule has 1 N–H and O–H groups in total. The lowest BCUT2D eigenvalue weighted by atomic mass is 10.1. The van der Waals surface area contributed by atoms with Crippen LogP contribution in [0.15, 0.2) is 47.1 Å². The van der Waals surface area contributed by atoms with Gasteiger partial charge in [0, 0.05) is 28.4 Å². The van der Waals surface area contributed by atoms with Gasteiger partial charge in [0.15, 0.2) is 10.9 Å². The van der Waals surface area contributed by atoms with E-state index in [1.54, 1.807) is 41.3 Å². The third-order valence-electron chi connectivity index (χ3n) is 4.06. The average Bonchev–Trinajstić information content (AvgIpc) is 3.29. The van der Waals surface area contributed by atoms with Crippen LogP contribution in [-0.2, 0) is 13.0 Å². The molecule has 2 aromatic heterocycles. The summed E-state index contributed by atoms with van der Waals surface area (Å²) in [6.07, 6.45) is 2.09. The molecule has 0 saturated carbocycles. The molecule has 8 heteroatoms. The Hall–Kier alpha value is -2.64. The molecular weight excluding hydrogens is 374 g/mol. The number of rotatable bonds is 3. The van der Waals surface area contributed by atoms with E-state index in [9.17, 15) is 9.59 Å². The molecule has 1 aliphatic heterocycles. The summed E-state index contributed by atoms with van der Waals surface area (Å²) in [6.45, 7) is 1.04. The van der Waals surface area contributed by atoms with Gasteiger partial charge >= 0.3 is 0 Å². The third-order valence-corrected chi connectivity index (χ3v) is 5.29. The summed E-state index contributed by atoms with van der Waals surface area (Å²) in [5.41, 5.74) is 1.48. The summed E-state index contributed by atoms with van der Waals surface area (Å²) in [5.74, 6) is -0.170. The number of nitrogens with one attached hydrogen (secondary N) is 1. The molecule has 132 valence electrons. The van der Waals surface area contributed by atoms with E-state index in [1.807, 2.05) is 0 Å². The van der Waals surface area contributed by atoms with Gasteiger partial charge in [-0.2, -0.15) is 0 Å². The molecule has 0 aliphatic carbocycles. The van der Waals surface area contributed by atoms with Crippen molar-refractivity contribution < 1.29 is 14.0 Å². The molecule has 3 aromatic rings. The van der Waals surface area contributed by atoms with Crippen LogP contribution in [0.5, 0.6) is 0 Å². The van der Waals surface area contributed by atoms with Crippen LogP contribution in [0.1, 0.15) is 31.5 Å². The SMILES string of the molecule is O=C(Nc1nc2c(s1)CN(C(=O)c1cccc(Cl)c1)CC2)c1ccco1. The van der Waals surface area contributed by atoms with Crippen LogP contribution in [0.25, 0.3) is 0 Å². The van der Waals surface area contributed by atoms with Crippen molar-refractivity contribution in [3.8, 4) is 0 Å². The number of halogens is 1. The number of hydrogen-bond acceptors (Lipinski definition) is 5. The van der Waals surface area contributed by atoms with Crippen LogP contribution in [-0.4, -0.2) is 28.2 Å². The van der Waals surface area contributed by atoms with Crippen molar-refractivity contribution in [2.75, 3.05) is 11.9 Å². The molecule has 3 heterocycles. The third kappa shape index (κ3) is 3.36. The monoisotopic (exact) mass is 387 g/mol. The summed E-state index contributed by atoms with van der Waals surface area (Å²) >= 11 is 7.35. The lowest BCUT2D eigenvalue weighted by Crippen LogP contribution is -2.35. The molecule has 0 fully saturated rings. The minimum Gasteiger partial charge on any atom is -0.459 e. The number of carbonyl (C=O) groups excluding carboxylic acids is 2. The van der Waals surface area contributed by atoms with E-state index in [4.69, 9.17) is 16.0 Å². The summed E-state index contributed by atoms with van der Waals surface area (Å²) in [4.78, 5) is 31.9. The zero-order valence-electron chi connectivity index (χ0n) is 13.6. The molecule has 0 saturated heterocycles. The van der Waals surface area contributed by atoms with E-state index >= 15 is 0 Å². The predicted octanol–water partition coefficient (Wildman–Crippen LogP) is 3.84. The maximum atomic E-state index is 12.7. The highest BCUT2D eigenvalue weighted by Crippen LogP contribution is 2.29. The predicted molar refractivity (Wildman–Crippen MR) is 98.7 cm³/mol. The van der Waals surface area contributed by atoms with Gasteiger partial charge in [-0.25, -0.2) is 4.98 Å². The fraction of sp³-hybridized carbons (Fsp3) is 0.167. The Balaban J connectivity index is 1.48. The van der Waals surface area contributed by atoms with Gasteiger partial charge in [0.05, 0.1) is 18.5 Å². The van der Waals surface area contributed by atoms with Crippen molar-refractivity contribution in [2.45, 2.75) is 13.0 Å². The van der Waals surface area contributed by atoms with Crippen LogP contribution in [0.3, 0.4) is 0 Å². The van der Waals surface area contributed by atoms with Gasteiger partial charge in [0.25, 0.3) is 11.8 Å². The molecule has 0 bridgehead atoms. The van der Waals surface area contributed by atoms with Crippen molar-refractivity contribution >= 4 is 39.9 Å². The van der Waals surface area contributed by atoms with E-state index in [-0.39, 0.29) is 17.6 Å². The highest BCUT2D eigenvalue weighted by molar-refractivity contribution is 7.15. The first-order valence-electron chi connectivity index (χ1n) is 7.98. The number of anilines is 1. The first kappa shape index (κ1) is 16.8. The molecule has 0 atom stereocenters. The Morgan fingerprint density at radius 1 is 1.27 bits per heavy atom. The van der Waals surface area contributed by atoms with E-state index in [2.05, 4.69) is 10.3 Å². The number of furan rings is 1. The minimum atomic E-state index is -0.340. The zero-order valence-corrected chi connectivity index (χ0v) is 15.1. The lowest BCUT2D eigenvalue weighted by molar-refractivity contribution is 0.0736. The normalized spacial score (nSPS) is 13.3. The molecular formula is C18H14ClN3O3S. The number of nitrogens with zero attached hydrogens (tertiary/aromatic N) is 2. The maximum Gasteiger partial charge on any atom is 0.293 e. The number of benzene rings is 1. The second kappa shape index (κ2) is 6.93. The molecule has 0 unspecified atom stereocenters. The molecule has 1 aromatic carbocycles. The summed E-state index contributed by atoms with van der Waals surface area (Å²) < 4.78 is 5.08. The Bertz CT molecular complexity index is 968. The average molecular weight is 388 g/mol. The van der Waals surface area contributed by atoms with Crippen LogP contribution in [0.2, 0.25) is 5.02 Å². The molecule has 0 radical (unpaired) electrons. The van der Waals surface area contributed by atoms with Gasteiger partial charge in [0.2, 0.25) is 0 Å². The summed E-state index contributed by atoms with van der Waals surface area (Å²) in [6, 6.07) is 10.2. The van der Waals surface area contributed by atoms with Gasteiger partial charge in [-0.3, -0.25) is 14.9 Å². The second-order valence-corrected chi connectivity index (χ2v) is 7.33. The Labute approximate surface area is 158 Å². The highest BCUT2D eigenvalue weighted by Gasteiger charge is 2.25. The summed E-state index contributed by atoms with van der Waals surface area (Å²) in [5, 5.41) is 3.78. The molecule has 0 spiro atoms. The maximum absolute atomic E-state index is 12.7. The van der Waals surface area contributed by atoms with Crippen molar-refractivity contribution in [3.05, 3.63) is 69.6 Å². The van der Waals surface area contributed by atoms with Gasteiger partial charge in [-0.05, 0) is 30.3 Å². The molecule has 2 amide bonds. The first-order chi connectivity index (χ1) is 12.6. The van der Waals surface area contributed by atoms with Crippen LogP contribution < -0.4 is 5.32 Å². The Kier molecular flexibility index (Phi) is 4.48. The number of aromatic nitrogens is 1. The van der Waals surface area contributed by atoms with E-state index < -0.39 is 0 Å². The van der Waals surface area contributed by atoms with E-state index in [1.165, 1.54) is 17.6 Å². The fourth-order valence-corrected chi connectivity index (χ4v) is 4.00. The van der Waals surface area contributed by atoms with Crippen LogP contribution in [0.4, 0.5) is 5.13 Å². The molecule has 1 aliphatic rings. The number of hydrogen-bond donors (Lipinski definition) is 1. The number of thiazole rings is 1. The second-order valence-electron chi connectivity index (χ2n) is 5.81. The fourth-order valence-electron chi connectivity index (χ4n) is 2.79. The van der Waals surface area contributed by atoms with E-state index in [0.717, 1.165) is 10.6 Å². The van der Waals surface area contributed by atoms with E-state index in [0.29, 0.717) is 35.2 Å². The molecule has 6 nitrogen and oxygen atoms in total.